The van der Waals surface area contributed by atoms with Gasteiger partial charge in [-0.1, -0.05) is 12.1 Å². The SMILES string of the molecule is CC(C)(O)c1cccc(S(=O)(=O)CC(N)=O)c1F. The van der Waals surface area contributed by atoms with Crippen molar-refractivity contribution >= 4 is 15.7 Å². The number of hydrogen-bond donors (Lipinski definition) is 2. The van der Waals surface area contributed by atoms with Gasteiger partial charge in [-0.2, -0.15) is 0 Å². The van der Waals surface area contributed by atoms with Crippen LogP contribution in [0.1, 0.15) is 19.4 Å². The van der Waals surface area contributed by atoms with E-state index in [0.717, 1.165) is 6.07 Å². The Labute approximate surface area is 104 Å². The molecule has 0 aliphatic carbocycles. The maximum absolute atomic E-state index is 14.0. The number of halogens is 1. The monoisotopic (exact) mass is 275 g/mol. The topological polar surface area (TPSA) is 97.5 Å². The number of carbonyl (C=O) groups excluding carboxylic acids is 1. The lowest BCUT2D eigenvalue weighted by molar-refractivity contribution is -0.115. The molecule has 0 saturated heterocycles. The number of nitrogens with two attached hydrogens (primary N) is 1. The first-order chi connectivity index (χ1) is 8.05. The summed E-state index contributed by atoms with van der Waals surface area (Å²) >= 11 is 0. The molecule has 0 heterocycles. The minimum Gasteiger partial charge on any atom is -0.386 e. The van der Waals surface area contributed by atoms with Crippen molar-refractivity contribution in [3.63, 3.8) is 0 Å². The maximum Gasteiger partial charge on any atom is 0.233 e. The first-order valence-electron chi connectivity index (χ1n) is 5.08. The predicted molar refractivity (Wildman–Crippen MR) is 62.9 cm³/mol. The Kier molecular flexibility index (Phi) is 3.78. The Morgan fingerprint density at radius 2 is 2.00 bits per heavy atom. The Hall–Kier alpha value is -1.47. The molecule has 1 rings (SSSR count). The summed E-state index contributed by atoms with van der Waals surface area (Å²) in [6.45, 7) is 2.66. The zero-order chi connectivity index (χ0) is 14.1. The summed E-state index contributed by atoms with van der Waals surface area (Å²) in [6, 6.07) is 3.60. The fourth-order valence-corrected chi connectivity index (χ4v) is 2.69. The average molecular weight is 275 g/mol. The summed E-state index contributed by atoms with van der Waals surface area (Å²) in [5.74, 6) is -3.10. The summed E-state index contributed by atoms with van der Waals surface area (Å²) < 4.78 is 37.5. The number of hydrogen-bond acceptors (Lipinski definition) is 4. The Balaban J connectivity index is 3.41. The van der Waals surface area contributed by atoms with E-state index in [-0.39, 0.29) is 5.56 Å². The lowest BCUT2D eigenvalue weighted by Gasteiger charge is -2.19. The van der Waals surface area contributed by atoms with E-state index in [1.807, 2.05) is 0 Å². The number of primary amides is 1. The lowest BCUT2D eigenvalue weighted by Crippen LogP contribution is -2.25. The van der Waals surface area contributed by atoms with Crippen molar-refractivity contribution in [2.75, 3.05) is 5.75 Å². The van der Waals surface area contributed by atoms with Crippen LogP contribution in [0.25, 0.3) is 0 Å². The molecule has 0 aliphatic heterocycles. The summed E-state index contributed by atoms with van der Waals surface area (Å²) in [7, 11) is -4.13. The van der Waals surface area contributed by atoms with Crippen LogP contribution >= 0.6 is 0 Å². The molecule has 0 spiro atoms. The van der Waals surface area contributed by atoms with Crippen LogP contribution in [0.4, 0.5) is 4.39 Å². The van der Waals surface area contributed by atoms with E-state index >= 15 is 0 Å². The molecule has 0 fully saturated rings. The molecule has 0 saturated carbocycles. The van der Waals surface area contributed by atoms with Crippen LogP contribution in [0.5, 0.6) is 0 Å². The molecule has 0 aromatic heterocycles. The second-order valence-corrected chi connectivity index (χ2v) is 6.36. The first kappa shape index (κ1) is 14.6. The first-order valence-corrected chi connectivity index (χ1v) is 6.73. The molecule has 1 amide bonds. The van der Waals surface area contributed by atoms with Gasteiger partial charge in [-0.3, -0.25) is 4.79 Å². The molecule has 0 bridgehead atoms. The minimum atomic E-state index is -4.13. The van der Waals surface area contributed by atoms with Gasteiger partial charge in [0, 0.05) is 5.56 Å². The third-order valence-corrected chi connectivity index (χ3v) is 3.94. The van der Waals surface area contributed by atoms with Crippen molar-refractivity contribution < 1.29 is 22.7 Å². The van der Waals surface area contributed by atoms with E-state index in [4.69, 9.17) is 5.73 Å². The highest BCUT2D eigenvalue weighted by atomic mass is 32.2. The molecule has 0 unspecified atom stereocenters. The van der Waals surface area contributed by atoms with Gasteiger partial charge < -0.3 is 10.8 Å². The van der Waals surface area contributed by atoms with Crippen molar-refractivity contribution in [3.05, 3.63) is 29.6 Å². The standard InChI is InChI=1S/C11H14FNO4S/c1-11(2,15)7-4-3-5-8(10(7)12)18(16,17)6-9(13)14/h3-5,15H,6H2,1-2H3,(H2,13,14). The second kappa shape index (κ2) is 4.66. The molecule has 3 N–H and O–H groups in total. The molecule has 0 atom stereocenters. The van der Waals surface area contributed by atoms with E-state index in [1.54, 1.807) is 0 Å². The number of aliphatic hydroxyl groups is 1. The van der Waals surface area contributed by atoms with Crippen molar-refractivity contribution in [3.8, 4) is 0 Å². The molecule has 0 radical (unpaired) electrons. The van der Waals surface area contributed by atoms with E-state index < -0.39 is 37.8 Å². The highest BCUT2D eigenvalue weighted by Gasteiger charge is 2.28. The van der Waals surface area contributed by atoms with Gasteiger partial charge in [-0.25, -0.2) is 12.8 Å². The van der Waals surface area contributed by atoms with Crippen LogP contribution in [0.3, 0.4) is 0 Å². The highest BCUT2D eigenvalue weighted by molar-refractivity contribution is 7.92. The average Bonchev–Trinajstić information content (AvgIpc) is 2.13. The predicted octanol–water partition coefficient (Wildman–Crippen LogP) is 0.312. The van der Waals surface area contributed by atoms with Crippen LogP contribution in [-0.2, 0) is 20.2 Å². The minimum absolute atomic E-state index is 0.159. The molecule has 0 aliphatic rings. The molecule has 1 aromatic carbocycles. The summed E-state index contributed by atoms with van der Waals surface area (Å²) in [4.78, 5) is 10.0. The second-order valence-electron chi connectivity index (χ2n) is 4.40. The van der Waals surface area contributed by atoms with Gasteiger partial charge in [0.25, 0.3) is 0 Å². The Morgan fingerprint density at radius 1 is 1.44 bits per heavy atom. The van der Waals surface area contributed by atoms with E-state index in [1.165, 1.54) is 26.0 Å². The molecule has 7 heteroatoms. The van der Waals surface area contributed by atoms with Gasteiger partial charge in [0.05, 0.1) is 5.60 Å². The molecular weight excluding hydrogens is 261 g/mol. The molecular formula is C11H14FNO4S. The number of amides is 1. The van der Waals surface area contributed by atoms with Crippen LogP contribution in [0.15, 0.2) is 23.1 Å². The zero-order valence-electron chi connectivity index (χ0n) is 9.97. The van der Waals surface area contributed by atoms with E-state index in [9.17, 15) is 22.7 Å². The van der Waals surface area contributed by atoms with Gasteiger partial charge in [0.1, 0.15) is 16.5 Å². The van der Waals surface area contributed by atoms with Crippen LogP contribution in [0, 0.1) is 5.82 Å². The van der Waals surface area contributed by atoms with Gasteiger partial charge in [-0.05, 0) is 19.9 Å². The third-order valence-electron chi connectivity index (χ3n) is 2.29. The molecule has 1 aromatic rings. The zero-order valence-corrected chi connectivity index (χ0v) is 10.8. The molecule has 5 nitrogen and oxygen atoms in total. The highest BCUT2D eigenvalue weighted by Crippen LogP contribution is 2.27. The number of benzene rings is 1. The van der Waals surface area contributed by atoms with Gasteiger partial charge in [0.2, 0.25) is 5.91 Å². The summed E-state index contributed by atoms with van der Waals surface area (Å²) in [6.07, 6.45) is 0. The Bertz CT molecular complexity index is 575. The smallest absolute Gasteiger partial charge is 0.233 e. The summed E-state index contributed by atoms with van der Waals surface area (Å²) in [5.41, 5.74) is 3.12. The van der Waals surface area contributed by atoms with Crippen LogP contribution in [0.2, 0.25) is 0 Å². The maximum atomic E-state index is 14.0. The van der Waals surface area contributed by atoms with Gasteiger partial charge in [0.15, 0.2) is 9.84 Å². The quantitative estimate of drug-likeness (QED) is 0.826. The molecule has 100 valence electrons. The third kappa shape index (κ3) is 3.05. The fourth-order valence-electron chi connectivity index (χ4n) is 1.49. The van der Waals surface area contributed by atoms with Crippen LogP contribution < -0.4 is 5.73 Å². The largest absolute Gasteiger partial charge is 0.386 e. The molecule has 18 heavy (non-hydrogen) atoms. The normalized spacial score (nSPS) is 12.4. The van der Waals surface area contributed by atoms with E-state index in [2.05, 4.69) is 0 Å². The number of rotatable bonds is 4. The van der Waals surface area contributed by atoms with Crippen molar-refractivity contribution in [1.29, 1.82) is 0 Å². The number of carbonyl (C=O) groups is 1. The number of sulfone groups is 1. The van der Waals surface area contributed by atoms with Crippen molar-refractivity contribution in [2.24, 2.45) is 5.73 Å². The fraction of sp³-hybridized carbons (Fsp3) is 0.364. The van der Waals surface area contributed by atoms with Crippen molar-refractivity contribution in [1.82, 2.24) is 0 Å². The van der Waals surface area contributed by atoms with E-state index in [0.29, 0.717) is 0 Å². The summed E-state index contributed by atoms with van der Waals surface area (Å²) in [5, 5.41) is 9.72. The van der Waals surface area contributed by atoms with Gasteiger partial charge >= 0.3 is 0 Å². The Morgan fingerprint density at radius 3 is 2.44 bits per heavy atom. The van der Waals surface area contributed by atoms with Gasteiger partial charge in [-0.15, -0.1) is 0 Å². The lowest BCUT2D eigenvalue weighted by atomic mass is 9.98. The van der Waals surface area contributed by atoms with Crippen molar-refractivity contribution in [2.45, 2.75) is 24.3 Å². The van der Waals surface area contributed by atoms with Crippen LogP contribution in [-0.4, -0.2) is 25.2 Å².